The first-order chi connectivity index (χ1) is 8.77. The maximum Gasteiger partial charge on any atom is 0.223 e. The molecule has 0 radical (unpaired) electrons. The number of carbonyl (C=O) groups excluding carboxylic acids is 1. The highest BCUT2D eigenvalue weighted by molar-refractivity contribution is 5.80. The van der Waals surface area contributed by atoms with Crippen molar-refractivity contribution in [1.29, 1.82) is 0 Å². The SMILES string of the molecule is CC(C(=O)NC(C)(C)C)C12CC3CC(CC(C3)C1)C2. The molecule has 1 unspecified atom stereocenters. The lowest BCUT2D eigenvalue weighted by Gasteiger charge is -2.58. The summed E-state index contributed by atoms with van der Waals surface area (Å²) in [5.74, 6) is 3.26. The fourth-order valence-corrected chi connectivity index (χ4v) is 5.46. The van der Waals surface area contributed by atoms with Crippen LogP contribution in [0.15, 0.2) is 0 Å². The lowest BCUT2D eigenvalue weighted by Crippen LogP contribution is -2.54. The van der Waals surface area contributed by atoms with Crippen LogP contribution in [0.2, 0.25) is 0 Å². The Labute approximate surface area is 117 Å². The summed E-state index contributed by atoms with van der Waals surface area (Å²) < 4.78 is 0. The van der Waals surface area contributed by atoms with Gasteiger partial charge in [0.1, 0.15) is 0 Å². The van der Waals surface area contributed by atoms with E-state index in [0.717, 1.165) is 17.8 Å². The summed E-state index contributed by atoms with van der Waals surface area (Å²) >= 11 is 0. The van der Waals surface area contributed by atoms with E-state index in [0.29, 0.717) is 5.41 Å². The van der Waals surface area contributed by atoms with Crippen molar-refractivity contribution >= 4 is 5.91 Å². The van der Waals surface area contributed by atoms with Gasteiger partial charge >= 0.3 is 0 Å². The normalized spacial score (nSPS) is 42.2. The molecular formula is C17H29NO. The number of rotatable bonds is 2. The van der Waals surface area contributed by atoms with Gasteiger partial charge in [0.2, 0.25) is 5.91 Å². The van der Waals surface area contributed by atoms with Crippen molar-refractivity contribution in [1.82, 2.24) is 5.32 Å². The molecular weight excluding hydrogens is 234 g/mol. The molecule has 19 heavy (non-hydrogen) atoms. The second-order valence-electron chi connectivity index (χ2n) is 8.74. The van der Waals surface area contributed by atoms with Crippen molar-refractivity contribution < 1.29 is 4.79 Å². The summed E-state index contributed by atoms with van der Waals surface area (Å²) in [6.45, 7) is 8.43. The molecule has 108 valence electrons. The highest BCUT2D eigenvalue weighted by Gasteiger charge is 2.54. The molecule has 2 heteroatoms. The van der Waals surface area contributed by atoms with E-state index >= 15 is 0 Å². The predicted molar refractivity (Wildman–Crippen MR) is 77.7 cm³/mol. The van der Waals surface area contributed by atoms with E-state index in [1.54, 1.807) is 0 Å². The first-order valence-corrected chi connectivity index (χ1v) is 8.09. The predicted octanol–water partition coefficient (Wildman–Crippen LogP) is 3.75. The van der Waals surface area contributed by atoms with E-state index in [2.05, 4.69) is 33.0 Å². The quantitative estimate of drug-likeness (QED) is 0.807. The average Bonchev–Trinajstić information content (AvgIpc) is 2.23. The fraction of sp³-hybridized carbons (Fsp3) is 0.941. The van der Waals surface area contributed by atoms with E-state index in [1.165, 1.54) is 38.5 Å². The Morgan fingerprint density at radius 2 is 1.47 bits per heavy atom. The Bertz CT molecular complexity index is 344. The fourth-order valence-electron chi connectivity index (χ4n) is 5.46. The molecule has 1 atom stereocenters. The number of hydrogen-bond donors (Lipinski definition) is 1. The minimum absolute atomic E-state index is 0.104. The Kier molecular flexibility index (Phi) is 3.00. The molecule has 4 aliphatic carbocycles. The molecule has 4 aliphatic rings. The smallest absolute Gasteiger partial charge is 0.223 e. The van der Waals surface area contributed by atoms with Crippen LogP contribution in [0, 0.1) is 29.1 Å². The van der Waals surface area contributed by atoms with Crippen molar-refractivity contribution in [3.63, 3.8) is 0 Å². The maximum absolute atomic E-state index is 12.6. The van der Waals surface area contributed by atoms with Crippen LogP contribution in [-0.2, 0) is 4.79 Å². The van der Waals surface area contributed by atoms with Crippen LogP contribution >= 0.6 is 0 Å². The van der Waals surface area contributed by atoms with Gasteiger partial charge in [-0.1, -0.05) is 6.92 Å². The van der Waals surface area contributed by atoms with Gasteiger partial charge in [0.25, 0.3) is 0 Å². The Hall–Kier alpha value is -0.530. The lowest BCUT2D eigenvalue weighted by atomic mass is 9.46. The molecule has 4 rings (SSSR count). The molecule has 0 spiro atoms. The van der Waals surface area contributed by atoms with Crippen LogP contribution in [0.3, 0.4) is 0 Å². The third-order valence-electron chi connectivity index (χ3n) is 5.90. The zero-order valence-electron chi connectivity index (χ0n) is 13.0. The van der Waals surface area contributed by atoms with Crippen molar-refractivity contribution in [2.75, 3.05) is 0 Å². The van der Waals surface area contributed by atoms with Crippen LogP contribution in [0.4, 0.5) is 0 Å². The molecule has 1 N–H and O–H groups in total. The minimum Gasteiger partial charge on any atom is -0.351 e. The molecule has 0 aromatic rings. The van der Waals surface area contributed by atoms with E-state index in [9.17, 15) is 4.79 Å². The van der Waals surface area contributed by atoms with Crippen LogP contribution in [0.5, 0.6) is 0 Å². The summed E-state index contributed by atoms with van der Waals surface area (Å²) in [6.07, 6.45) is 8.31. The zero-order chi connectivity index (χ0) is 13.8. The second kappa shape index (κ2) is 4.23. The Morgan fingerprint density at radius 1 is 1.05 bits per heavy atom. The zero-order valence-corrected chi connectivity index (χ0v) is 13.0. The summed E-state index contributed by atoms with van der Waals surface area (Å²) in [7, 11) is 0. The molecule has 4 bridgehead atoms. The van der Waals surface area contributed by atoms with E-state index in [4.69, 9.17) is 0 Å². The monoisotopic (exact) mass is 263 g/mol. The van der Waals surface area contributed by atoms with Gasteiger partial charge in [-0.15, -0.1) is 0 Å². The molecule has 0 aromatic carbocycles. The number of carbonyl (C=O) groups is 1. The van der Waals surface area contributed by atoms with Gasteiger partial charge in [-0.3, -0.25) is 4.79 Å². The van der Waals surface area contributed by atoms with Crippen LogP contribution in [-0.4, -0.2) is 11.4 Å². The van der Waals surface area contributed by atoms with Crippen LogP contribution < -0.4 is 5.32 Å². The molecule has 4 fully saturated rings. The Morgan fingerprint density at radius 3 is 1.84 bits per heavy atom. The van der Waals surface area contributed by atoms with E-state index in [1.807, 2.05) is 0 Å². The summed E-state index contributed by atoms with van der Waals surface area (Å²) in [4.78, 5) is 12.6. The van der Waals surface area contributed by atoms with Gasteiger partial charge < -0.3 is 5.32 Å². The van der Waals surface area contributed by atoms with Gasteiger partial charge in [-0.2, -0.15) is 0 Å². The van der Waals surface area contributed by atoms with Gasteiger partial charge in [-0.05, 0) is 82.5 Å². The van der Waals surface area contributed by atoms with Gasteiger partial charge in [0.05, 0.1) is 0 Å². The van der Waals surface area contributed by atoms with Gasteiger partial charge in [0.15, 0.2) is 0 Å². The van der Waals surface area contributed by atoms with Crippen LogP contribution in [0.1, 0.15) is 66.2 Å². The topological polar surface area (TPSA) is 29.1 Å². The third-order valence-corrected chi connectivity index (χ3v) is 5.90. The standard InChI is InChI=1S/C17H29NO/c1-11(15(19)18-16(2,3)4)17-8-12-5-13(9-17)7-14(6-12)10-17/h11-14H,5-10H2,1-4H3,(H,18,19). The highest BCUT2D eigenvalue weighted by Crippen LogP contribution is 2.62. The van der Waals surface area contributed by atoms with Crippen molar-refractivity contribution in [2.24, 2.45) is 29.1 Å². The number of hydrogen-bond acceptors (Lipinski definition) is 1. The first kappa shape index (κ1) is 13.5. The van der Waals surface area contributed by atoms with E-state index in [-0.39, 0.29) is 17.4 Å². The highest BCUT2D eigenvalue weighted by atomic mass is 16.2. The number of amides is 1. The average molecular weight is 263 g/mol. The van der Waals surface area contributed by atoms with Crippen molar-refractivity contribution in [2.45, 2.75) is 71.8 Å². The molecule has 4 saturated carbocycles. The molecule has 0 saturated heterocycles. The molecule has 1 amide bonds. The number of nitrogens with one attached hydrogen (secondary N) is 1. The van der Waals surface area contributed by atoms with Gasteiger partial charge in [0, 0.05) is 11.5 Å². The molecule has 0 aliphatic heterocycles. The first-order valence-electron chi connectivity index (χ1n) is 8.09. The van der Waals surface area contributed by atoms with Gasteiger partial charge in [-0.25, -0.2) is 0 Å². The lowest BCUT2D eigenvalue weighted by molar-refractivity contribution is -0.140. The van der Waals surface area contributed by atoms with E-state index < -0.39 is 0 Å². The maximum atomic E-state index is 12.6. The van der Waals surface area contributed by atoms with Crippen LogP contribution in [0.25, 0.3) is 0 Å². The summed E-state index contributed by atoms with van der Waals surface area (Å²) in [5, 5.41) is 3.20. The second-order valence-corrected chi connectivity index (χ2v) is 8.74. The molecule has 0 aromatic heterocycles. The summed E-state index contributed by atoms with van der Waals surface area (Å²) in [6, 6.07) is 0. The third kappa shape index (κ3) is 2.43. The molecule has 0 heterocycles. The van der Waals surface area contributed by atoms with Crippen molar-refractivity contribution in [3.05, 3.63) is 0 Å². The minimum atomic E-state index is -0.104. The molecule has 2 nitrogen and oxygen atoms in total. The Balaban J connectivity index is 1.76. The largest absolute Gasteiger partial charge is 0.351 e. The summed E-state index contributed by atoms with van der Waals surface area (Å²) in [5.41, 5.74) is 0.234. The van der Waals surface area contributed by atoms with Crippen molar-refractivity contribution in [3.8, 4) is 0 Å².